The number of hydrogen-bond donors (Lipinski definition) is 0. The van der Waals surface area contributed by atoms with E-state index in [1.165, 1.54) is 5.56 Å². The van der Waals surface area contributed by atoms with Gasteiger partial charge in [0.1, 0.15) is 12.4 Å². The molecule has 108 valence electrons. The highest BCUT2D eigenvalue weighted by atomic mass is 35.5. The van der Waals surface area contributed by atoms with Crippen molar-refractivity contribution >= 4 is 11.6 Å². The van der Waals surface area contributed by atoms with Gasteiger partial charge in [0.25, 0.3) is 0 Å². The van der Waals surface area contributed by atoms with Crippen LogP contribution < -0.4 is 4.74 Å². The van der Waals surface area contributed by atoms with Gasteiger partial charge < -0.3 is 9.47 Å². The predicted molar refractivity (Wildman–Crippen MR) is 82.5 cm³/mol. The third kappa shape index (κ3) is 4.49. The second-order valence-electron chi connectivity index (χ2n) is 4.59. The molecule has 0 unspecified atom stereocenters. The summed E-state index contributed by atoms with van der Waals surface area (Å²) < 4.78 is 10.8. The summed E-state index contributed by atoms with van der Waals surface area (Å²) in [6.45, 7) is 1.09. The van der Waals surface area contributed by atoms with E-state index < -0.39 is 0 Å². The number of rotatable bonds is 6. The second kappa shape index (κ2) is 7.68. The Bertz CT molecular complexity index is 632. The number of hydrogen-bond acceptors (Lipinski definition) is 3. The molecule has 0 spiro atoms. The van der Waals surface area contributed by atoms with Crippen molar-refractivity contribution in [1.82, 2.24) is 0 Å². The van der Waals surface area contributed by atoms with Crippen molar-refractivity contribution in [1.29, 1.82) is 5.26 Å². The first kappa shape index (κ1) is 15.4. The number of nitrogens with zero attached hydrogens (tertiary/aromatic N) is 1. The lowest BCUT2D eigenvalue weighted by Crippen LogP contribution is -1.98. The van der Waals surface area contributed by atoms with E-state index in [0.717, 1.165) is 17.7 Å². The molecule has 0 atom stereocenters. The highest BCUT2D eigenvalue weighted by Gasteiger charge is 2.03. The first-order chi connectivity index (χ1) is 10.2. The quantitative estimate of drug-likeness (QED) is 0.810. The lowest BCUT2D eigenvalue weighted by atomic mass is 10.1. The van der Waals surface area contributed by atoms with E-state index in [9.17, 15) is 0 Å². The average Bonchev–Trinajstić information content (AvgIpc) is 2.52. The molecule has 0 fully saturated rings. The highest BCUT2D eigenvalue weighted by Crippen LogP contribution is 2.20. The summed E-state index contributed by atoms with van der Waals surface area (Å²) in [6.07, 6.45) is 0.887. The van der Waals surface area contributed by atoms with Crippen molar-refractivity contribution in [3.8, 4) is 11.8 Å². The Balaban J connectivity index is 1.95. The van der Waals surface area contributed by atoms with Crippen LogP contribution in [0.15, 0.2) is 42.5 Å². The number of nitriles is 1. The Labute approximate surface area is 129 Å². The Kier molecular flexibility index (Phi) is 5.62. The fourth-order valence-electron chi connectivity index (χ4n) is 1.87. The van der Waals surface area contributed by atoms with Crippen molar-refractivity contribution in [2.75, 3.05) is 13.7 Å². The molecule has 2 aromatic carbocycles. The standard InChI is InChI=1S/C17H16ClNO2/c1-20-9-8-13-3-6-16(7-4-13)21-12-15-5-2-14(11-19)10-17(15)18/h2-7,10H,8-9,12H2,1H3. The summed E-state index contributed by atoms with van der Waals surface area (Å²) >= 11 is 6.11. The summed E-state index contributed by atoms with van der Waals surface area (Å²) in [5, 5.41) is 9.35. The molecule has 0 aliphatic carbocycles. The molecule has 2 rings (SSSR count). The highest BCUT2D eigenvalue weighted by molar-refractivity contribution is 6.31. The molecule has 4 heteroatoms. The van der Waals surface area contributed by atoms with Gasteiger partial charge >= 0.3 is 0 Å². The van der Waals surface area contributed by atoms with Crippen LogP contribution in [0.4, 0.5) is 0 Å². The first-order valence-corrected chi connectivity index (χ1v) is 7.00. The Hall–Kier alpha value is -2.02. The zero-order chi connectivity index (χ0) is 15.1. The van der Waals surface area contributed by atoms with Crippen LogP contribution in [-0.4, -0.2) is 13.7 Å². The Morgan fingerprint density at radius 2 is 1.90 bits per heavy atom. The third-order valence-electron chi connectivity index (χ3n) is 3.09. The molecular formula is C17H16ClNO2. The van der Waals surface area contributed by atoms with Gasteiger partial charge in [0.05, 0.1) is 18.2 Å². The van der Waals surface area contributed by atoms with Crippen molar-refractivity contribution in [3.05, 3.63) is 64.2 Å². The number of halogens is 1. The van der Waals surface area contributed by atoms with Gasteiger partial charge in [0.2, 0.25) is 0 Å². The average molecular weight is 302 g/mol. The number of benzene rings is 2. The minimum absolute atomic E-state index is 0.377. The number of methoxy groups -OCH3 is 1. The lowest BCUT2D eigenvalue weighted by molar-refractivity contribution is 0.202. The molecule has 21 heavy (non-hydrogen) atoms. The fraction of sp³-hybridized carbons (Fsp3) is 0.235. The molecule has 0 bridgehead atoms. The van der Waals surface area contributed by atoms with Gasteiger partial charge in [-0.05, 0) is 36.2 Å². The molecule has 0 radical (unpaired) electrons. The summed E-state index contributed by atoms with van der Waals surface area (Å²) in [5.41, 5.74) is 2.62. The third-order valence-corrected chi connectivity index (χ3v) is 3.45. The van der Waals surface area contributed by atoms with Crippen molar-refractivity contribution in [2.24, 2.45) is 0 Å². The van der Waals surface area contributed by atoms with E-state index >= 15 is 0 Å². The molecule has 3 nitrogen and oxygen atoms in total. The van der Waals surface area contributed by atoms with Crippen LogP contribution >= 0.6 is 11.6 Å². The maximum Gasteiger partial charge on any atom is 0.119 e. The molecule has 0 saturated heterocycles. The van der Waals surface area contributed by atoms with Crippen LogP contribution in [0.5, 0.6) is 5.75 Å². The Morgan fingerprint density at radius 1 is 1.14 bits per heavy atom. The van der Waals surface area contributed by atoms with Crippen molar-refractivity contribution in [2.45, 2.75) is 13.0 Å². The summed E-state index contributed by atoms with van der Waals surface area (Å²) in [5.74, 6) is 0.789. The topological polar surface area (TPSA) is 42.2 Å². The normalized spacial score (nSPS) is 10.1. The SMILES string of the molecule is COCCc1ccc(OCc2ccc(C#N)cc2Cl)cc1. The van der Waals surface area contributed by atoms with Gasteiger partial charge in [-0.1, -0.05) is 29.8 Å². The van der Waals surface area contributed by atoms with E-state index in [2.05, 4.69) is 6.07 Å². The van der Waals surface area contributed by atoms with E-state index in [-0.39, 0.29) is 0 Å². The lowest BCUT2D eigenvalue weighted by Gasteiger charge is -2.09. The fourth-order valence-corrected chi connectivity index (χ4v) is 2.10. The monoisotopic (exact) mass is 301 g/mol. The minimum atomic E-state index is 0.377. The molecule has 0 saturated carbocycles. The van der Waals surface area contributed by atoms with Crippen LogP contribution in [-0.2, 0) is 17.8 Å². The van der Waals surface area contributed by atoms with Gasteiger partial charge in [-0.3, -0.25) is 0 Å². The van der Waals surface area contributed by atoms with Crippen LogP contribution in [0.2, 0.25) is 5.02 Å². The molecule has 0 aliphatic rings. The van der Waals surface area contributed by atoms with Gasteiger partial charge in [0.15, 0.2) is 0 Å². The van der Waals surface area contributed by atoms with E-state index in [0.29, 0.717) is 23.8 Å². The molecular weight excluding hydrogens is 286 g/mol. The predicted octanol–water partition coefficient (Wildman–Crippen LogP) is 3.98. The molecule has 0 aliphatic heterocycles. The van der Waals surface area contributed by atoms with Crippen LogP contribution in [0.1, 0.15) is 16.7 Å². The summed E-state index contributed by atoms with van der Waals surface area (Å²) in [7, 11) is 1.69. The van der Waals surface area contributed by atoms with Crippen LogP contribution in [0.3, 0.4) is 0 Å². The molecule has 0 aromatic heterocycles. The largest absolute Gasteiger partial charge is 0.489 e. The molecule has 0 N–H and O–H groups in total. The maximum absolute atomic E-state index is 8.80. The van der Waals surface area contributed by atoms with E-state index in [1.807, 2.05) is 30.3 Å². The van der Waals surface area contributed by atoms with Gasteiger partial charge in [0, 0.05) is 17.7 Å². The summed E-state index contributed by atoms with van der Waals surface area (Å²) in [4.78, 5) is 0. The first-order valence-electron chi connectivity index (χ1n) is 6.62. The van der Waals surface area contributed by atoms with Gasteiger partial charge in [-0.25, -0.2) is 0 Å². The molecule has 0 amide bonds. The maximum atomic E-state index is 8.80. The second-order valence-corrected chi connectivity index (χ2v) is 5.00. The number of ether oxygens (including phenoxy) is 2. The zero-order valence-electron chi connectivity index (χ0n) is 11.8. The minimum Gasteiger partial charge on any atom is -0.489 e. The van der Waals surface area contributed by atoms with E-state index in [4.69, 9.17) is 26.3 Å². The van der Waals surface area contributed by atoms with Crippen LogP contribution in [0, 0.1) is 11.3 Å². The smallest absolute Gasteiger partial charge is 0.119 e. The van der Waals surface area contributed by atoms with Crippen molar-refractivity contribution in [3.63, 3.8) is 0 Å². The zero-order valence-corrected chi connectivity index (χ0v) is 12.6. The van der Waals surface area contributed by atoms with Gasteiger partial charge in [-0.15, -0.1) is 0 Å². The summed E-state index contributed by atoms with van der Waals surface area (Å²) in [6, 6.07) is 15.2. The molecule has 2 aromatic rings. The van der Waals surface area contributed by atoms with Gasteiger partial charge in [-0.2, -0.15) is 5.26 Å². The molecule has 0 heterocycles. The van der Waals surface area contributed by atoms with E-state index in [1.54, 1.807) is 19.2 Å². The Morgan fingerprint density at radius 3 is 2.52 bits per heavy atom. The van der Waals surface area contributed by atoms with Crippen molar-refractivity contribution < 1.29 is 9.47 Å². The van der Waals surface area contributed by atoms with Crippen LogP contribution in [0.25, 0.3) is 0 Å².